The lowest BCUT2D eigenvalue weighted by molar-refractivity contribution is 0.569. The fourth-order valence-corrected chi connectivity index (χ4v) is 1.86. The Hall–Kier alpha value is -1.61. The van der Waals surface area contributed by atoms with Gasteiger partial charge in [0.2, 0.25) is 0 Å². The van der Waals surface area contributed by atoms with Crippen LogP contribution in [0.15, 0.2) is 35.1 Å². The number of nitrogens with one attached hydrogen (secondary N) is 1. The van der Waals surface area contributed by atoms with Crippen LogP contribution in [0.25, 0.3) is 11.3 Å². The molecule has 1 fully saturated rings. The molecule has 3 rings (SSSR count). The van der Waals surface area contributed by atoms with E-state index in [0.717, 1.165) is 23.6 Å². The molecule has 0 amide bonds. The van der Waals surface area contributed by atoms with Crippen molar-refractivity contribution in [2.75, 3.05) is 0 Å². The Morgan fingerprint density at radius 2 is 2.06 bits per heavy atom. The van der Waals surface area contributed by atoms with Crippen LogP contribution in [0, 0.1) is 6.92 Å². The molecule has 1 heterocycles. The number of aryl methyl sites for hydroxylation is 1. The Balaban J connectivity index is 1.81. The van der Waals surface area contributed by atoms with Crippen LogP contribution < -0.4 is 5.32 Å². The lowest BCUT2D eigenvalue weighted by atomic mass is 10.1. The summed E-state index contributed by atoms with van der Waals surface area (Å²) in [5.41, 5.74) is 3.35. The van der Waals surface area contributed by atoms with Crippen molar-refractivity contribution in [3.8, 4) is 11.3 Å². The average molecular weight is 228 g/mol. The molecular weight excluding hydrogens is 212 g/mol. The fraction of sp³-hybridized carbons (Fsp3) is 0.357. The maximum absolute atomic E-state index is 5.49. The van der Waals surface area contributed by atoms with Crippen molar-refractivity contribution < 1.29 is 4.42 Å². The van der Waals surface area contributed by atoms with Crippen molar-refractivity contribution in [2.45, 2.75) is 32.4 Å². The molecule has 0 bridgehead atoms. The maximum Gasteiger partial charge on any atom is 0.181 e. The Kier molecular flexibility index (Phi) is 2.69. The maximum atomic E-state index is 5.49. The van der Waals surface area contributed by atoms with Gasteiger partial charge in [0.25, 0.3) is 0 Å². The third-order valence-electron chi connectivity index (χ3n) is 3.09. The molecule has 1 N–H and O–H groups in total. The molecule has 3 heteroatoms. The first-order chi connectivity index (χ1) is 8.33. The highest BCUT2D eigenvalue weighted by Gasteiger charge is 2.21. The summed E-state index contributed by atoms with van der Waals surface area (Å²) < 4.78 is 5.49. The molecule has 1 saturated carbocycles. The van der Waals surface area contributed by atoms with E-state index in [0.29, 0.717) is 6.04 Å². The molecule has 0 unspecified atom stereocenters. The van der Waals surface area contributed by atoms with Gasteiger partial charge < -0.3 is 9.73 Å². The van der Waals surface area contributed by atoms with Gasteiger partial charge >= 0.3 is 0 Å². The summed E-state index contributed by atoms with van der Waals surface area (Å²) in [5.74, 6) is 0.887. The fourth-order valence-electron chi connectivity index (χ4n) is 1.86. The van der Waals surface area contributed by atoms with Crippen LogP contribution >= 0.6 is 0 Å². The van der Waals surface area contributed by atoms with Crippen LogP contribution in [0.2, 0.25) is 0 Å². The molecule has 88 valence electrons. The highest BCUT2D eigenvalue weighted by molar-refractivity contribution is 5.59. The molecule has 1 aliphatic rings. The standard InChI is InChI=1S/C14H16N2O/c1-10-2-4-11(5-3-10)14-13(16-9-17-14)8-15-12-6-7-12/h2-5,9,12,15H,6-8H2,1H3. The van der Waals surface area contributed by atoms with E-state index in [1.165, 1.54) is 24.8 Å². The Labute approximate surface area is 101 Å². The zero-order valence-electron chi connectivity index (χ0n) is 9.94. The second-order valence-electron chi connectivity index (χ2n) is 4.65. The van der Waals surface area contributed by atoms with Crippen molar-refractivity contribution >= 4 is 0 Å². The molecule has 0 aliphatic heterocycles. The van der Waals surface area contributed by atoms with Gasteiger partial charge in [0.15, 0.2) is 12.2 Å². The molecule has 0 radical (unpaired) electrons. The monoisotopic (exact) mass is 228 g/mol. The van der Waals surface area contributed by atoms with Gasteiger partial charge in [0, 0.05) is 18.2 Å². The van der Waals surface area contributed by atoms with Crippen LogP contribution in [-0.4, -0.2) is 11.0 Å². The predicted octanol–water partition coefficient (Wildman–Crippen LogP) is 2.90. The first-order valence-electron chi connectivity index (χ1n) is 6.06. The van der Waals surface area contributed by atoms with Gasteiger partial charge in [-0.15, -0.1) is 0 Å². The third kappa shape index (κ3) is 2.39. The quantitative estimate of drug-likeness (QED) is 0.874. The number of rotatable bonds is 4. The molecular formula is C14H16N2O. The predicted molar refractivity (Wildman–Crippen MR) is 66.5 cm³/mol. The highest BCUT2D eigenvalue weighted by atomic mass is 16.3. The minimum atomic E-state index is 0.692. The van der Waals surface area contributed by atoms with E-state index in [1.54, 1.807) is 0 Å². The lowest BCUT2D eigenvalue weighted by Crippen LogP contribution is -2.15. The molecule has 2 aromatic rings. The van der Waals surface area contributed by atoms with E-state index < -0.39 is 0 Å². The SMILES string of the molecule is Cc1ccc(-c2ocnc2CNC2CC2)cc1. The van der Waals surface area contributed by atoms with Crippen molar-refractivity contribution in [3.63, 3.8) is 0 Å². The summed E-state index contributed by atoms with van der Waals surface area (Å²) in [5, 5.41) is 3.46. The topological polar surface area (TPSA) is 38.1 Å². The number of aromatic nitrogens is 1. The number of benzene rings is 1. The Morgan fingerprint density at radius 3 is 2.76 bits per heavy atom. The zero-order valence-corrected chi connectivity index (χ0v) is 9.94. The van der Waals surface area contributed by atoms with Crippen LogP contribution in [0.1, 0.15) is 24.1 Å². The van der Waals surface area contributed by atoms with Gasteiger partial charge in [-0.05, 0) is 19.8 Å². The molecule has 1 aliphatic carbocycles. The van der Waals surface area contributed by atoms with Crippen LogP contribution in [-0.2, 0) is 6.54 Å². The zero-order chi connectivity index (χ0) is 11.7. The smallest absolute Gasteiger partial charge is 0.181 e. The van der Waals surface area contributed by atoms with Crippen molar-refractivity contribution in [3.05, 3.63) is 41.9 Å². The molecule has 1 aromatic carbocycles. The van der Waals surface area contributed by atoms with Gasteiger partial charge in [-0.1, -0.05) is 29.8 Å². The van der Waals surface area contributed by atoms with E-state index in [1.807, 2.05) is 0 Å². The van der Waals surface area contributed by atoms with Crippen LogP contribution in [0.4, 0.5) is 0 Å². The molecule has 1 aromatic heterocycles. The summed E-state index contributed by atoms with van der Waals surface area (Å²) in [4.78, 5) is 4.29. The van der Waals surface area contributed by atoms with Crippen LogP contribution in [0.5, 0.6) is 0 Å². The second-order valence-corrected chi connectivity index (χ2v) is 4.65. The van der Waals surface area contributed by atoms with E-state index in [4.69, 9.17) is 4.42 Å². The van der Waals surface area contributed by atoms with E-state index in [2.05, 4.69) is 41.5 Å². The summed E-state index contributed by atoms with van der Waals surface area (Å²) in [6.07, 6.45) is 4.11. The third-order valence-corrected chi connectivity index (χ3v) is 3.09. The molecule has 0 spiro atoms. The average Bonchev–Trinajstić information content (AvgIpc) is 3.06. The van der Waals surface area contributed by atoms with Gasteiger partial charge in [0.05, 0.1) is 0 Å². The first-order valence-corrected chi connectivity index (χ1v) is 6.06. The van der Waals surface area contributed by atoms with E-state index in [-0.39, 0.29) is 0 Å². The number of hydrogen-bond donors (Lipinski definition) is 1. The van der Waals surface area contributed by atoms with Gasteiger partial charge in [-0.25, -0.2) is 4.98 Å². The summed E-state index contributed by atoms with van der Waals surface area (Å²) >= 11 is 0. The van der Waals surface area contributed by atoms with Crippen molar-refractivity contribution in [1.29, 1.82) is 0 Å². The lowest BCUT2D eigenvalue weighted by Gasteiger charge is -2.03. The minimum Gasteiger partial charge on any atom is -0.443 e. The largest absolute Gasteiger partial charge is 0.443 e. The van der Waals surface area contributed by atoms with E-state index >= 15 is 0 Å². The minimum absolute atomic E-state index is 0.692. The normalized spacial score (nSPS) is 15.1. The Morgan fingerprint density at radius 1 is 1.29 bits per heavy atom. The Bertz CT molecular complexity index is 497. The number of hydrogen-bond acceptors (Lipinski definition) is 3. The first kappa shape index (κ1) is 10.5. The number of oxazole rings is 1. The second kappa shape index (κ2) is 4.34. The van der Waals surface area contributed by atoms with Crippen LogP contribution in [0.3, 0.4) is 0 Å². The summed E-state index contributed by atoms with van der Waals surface area (Å²) in [6.45, 7) is 2.88. The molecule has 0 atom stereocenters. The van der Waals surface area contributed by atoms with Gasteiger partial charge in [0.1, 0.15) is 5.69 Å². The van der Waals surface area contributed by atoms with Crippen molar-refractivity contribution in [2.24, 2.45) is 0 Å². The van der Waals surface area contributed by atoms with Gasteiger partial charge in [-0.2, -0.15) is 0 Å². The molecule has 0 saturated heterocycles. The van der Waals surface area contributed by atoms with Crippen molar-refractivity contribution in [1.82, 2.24) is 10.3 Å². The number of nitrogens with zero attached hydrogens (tertiary/aromatic N) is 1. The van der Waals surface area contributed by atoms with Gasteiger partial charge in [-0.3, -0.25) is 0 Å². The van der Waals surface area contributed by atoms with E-state index in [9.17, 15) is 0 Å². The molecule has 3 nitrogen and oxygen atoms in total. The highest BCUT2D eigenvalue weighted by Crippen LogP contribution is 2.25. The molecule has 17 heavy (non-hydrogen) atoms. The summed E-state index contributed by atoms with van der Waals surface area (Å²) in [6, 6.07) is 9.04. The summed E-state index contributed by atoms with van der Waals surface area (Å²) in [7, 11) is 0.